The lowest BCUT2D eigenvalue weighted by Gasteiger charge is -2.32. The Kier molecular flexibility index (Phi) is 7.87. The van der Waals surface area contributed by atoms with Gasteiger partial charge in [-0.15, -0.1) is 12.4 Å². The molecular formula is C19H29ClN4O2. The van der Waals surface area contributed by atoms with E-state index in [4.69, 9.17) is 0 Å². The Labute approximate surface area is 161 Å². The highest BCUT2D eigenvalue weighted by molar-refractivity contribution is 5.96. The zero-order chi connectivity index (χ0) is 17.6. The smallest absolute Gasteiger partial charge is 0.227 e. The number of likely N-dealkylation sites (N-methyl/N-ethyl adjacent to an activating group) is 1. The molecule has 2 N–H and O–H groups in total. The summed E-state index contributed by atoms with van der Waals surface area (Å²) < 4.78 is 0. The molecule has 1 unspecified atom stereocenters. The van der Waals surface area contributed by atoms with Gasteiger partial charge in [-0.05, 0) is 57.1 Å². The quantitative estimate of drug-likeness (QED) is 0.794. The fourth-order valence-electron chi connectivity index (χ4n) is 3.62. The third-order valence-corrected chi connectivity index (χ3v) is 5.11. The van der Waals surface area contributed by atoms with E-state index < -0.39 is 0 Å². The molecule has 0 radical (unpaired) electrons. The Hall–Kier alpha value is -1.63. The van der Waals surface area contributed by atoms with Gasteiger partial charge in [-0.3, -0.25) is 9.59 Å². The first-order valence-corrected chi connectivity index (χ1v) is 9.25. The molecule has 1 aromatic carbocycles. The maximum atomic E-state index is 12.2. The van der Waals surface area contributed by atoms with E-state index in [0.29, 0.717) is 18.9 Å². The van der Waals surface area contributed by atoms with Crippen LogP contribution in [0.5, 0.6) is 0 Å². The molecule has 2 amide bonds. The lowest BCUT2D eigenvalue weighted by atomic mass is 10.1. The minimum Gasteiger partial charge on any atom is -0.326 e. The van der Waals surface area contributed by atoms with Crippen LogP contribution in [0.1, 0.15) is 32.1 Å². The molecule has 2 aliphatic rings. The normalized spacial score (nSPS) is 20.7. The number of hydrogen-bond donors (Lipinski definition) is 2. The van der Waals surface area contributed by atoms with Crippen LogP contribution in [0.2, 0.25) is 0 Å². The van der Waals surface area contributed by atoms with Crippen molar-refractivity contribution in [1.82, 2.24) is 10.2 Å². The molecule has 2 heterocycles. The number of nitrogens with zero attached hydrogens (tertiary/aromatic N) is 2. The molecule has 0 saturated carbocycles. The number of carbonyl (C=O) groups is 2. The number of hydrogen-bond acceptors (Lipinski definition) is 4. The second-order valence-corrected chi connectivity index (χ2v) is 6.92. The molecule has 0 aromatic heterocycles. The SMILES string of the molecule is CNC1CCCN(CCC(=O)Nc2ccc(N3CCCC3=O)cc2)C1.Cl. The molecule has 144 valence electrons. The van der Waals surface area contributed by atoms with Gasteiger partial charge >= 0.3 is 0 Å². The van der Waals surface area contributed by atoms with E-state index in [1.165, 1.54) is 12.8 Å². The minimum atomic E-state index is 0. The predicted octanol–water partition coefficient (Wildman–Crippen LogP) is 2.25. The second-order valence-electron chi connectivity index (χ2n) is 6.92. The highest BCUT2D eigenvalue weighted by atomic mass is 35.5. The van der Waals surface area contributed by atoms with Crippen molar-refractivity contribution in [3.05, 3.63) is 24.3 Å². The topological polar surface area (TPSA) is 64.7 Å². The van der Waals surface area contributed by atoms with Crippen LogP contribution < -0.4 is 15.5 Å². The number of halogens is 1. The number of rotatable bonds is 6. The summed E-state index contributed by atoms with van der Waals surface area (Å²) in [6, 6.07) is 8.09. The largest absolute Gasteiger partial charge is 0.326 e. The Morgan fingerprint density at radius 3 is 2.62 bits per heavy atom. The van der Waals surface area contributed by atoms with E-state index in [2.05, 4.69) is 15.5 Å². The molecular weight excluding hydrogens is 352 g/mol. The molecule has 2 aliphatic heterocycles. The third kappa shape index (κ3) is 5.43. The Morgan fingerprint density at radius 2 is 1.96 bits per heavy atom. The summed E-state index contributed by atoms with van der Waals surface area (Å²) in [5.41, 5.74) is 1.69. The van der Waals surface area contributed by atoms with Gasteiger partial charge in [0.15, 0.2) is 0 Å². The van der Waals surface area contributed by atoms with Crippen molar-refractivity contribution in [2.24, 2.45) is 0 Å². The van der Waals surface area contributed by atoms with Gasteiger partial charge in [0.1, 0.15) is 0 Å². The van der Waals surface area contributed by atoms with E-state index in [0.717, 1.165) is 44.0 Å². The highest BCUT2D eigenvalue weighted by Crippen LogP contribution is 2.23. The fourth-order valence-corrected chi connectivity index (χ4v) is 3.62. The Morgan fingerprint density at radius 1 is 1.19 bits per heavy atom. The van der Waals surface area contributed by atoms with Crippen molar-refractivity contribution < 1.29 is 9.59 Å². The third-order valence-electron chi connectivity index (χ3n) is 5.11. The number of carbonyl (C=O) groups excluding carboxylic acids is 2. The van der Waals surface area contributed by atoms with Gasteiger partial charge in [0.25, 0.3) is 0 Å². The predicted molar refractivity (Wildman–Crippen MR) is 107 cm³/mol. The lowest BCUT2D eigenvalue weighted by molar-refractivity contribution is -0.117. The summed E-state index contributed by atoms with van der Waals surface area (Å²) >= 11 is 0. The number of anilines is 2. The number of amides is 2. The van der Waals surface area contributed by atoms with E-state index in [-0.39, 0.29) is 24.2 Å². The second kappa shape index (κ2) is 9.90. The lowest BCUT2D eigenvalue weighted by Crippen LogP contribution is -2.45. The first-order chi connectivity index (χ1) is 12.2. The molecule has 2 fully saturated rings. The molecule has 7 heteroatoms. The summed E-state index contributed by atoms with van der Waals surface area (Å²) in [6.45, 7) is 3.67. The number of benzene rings is 1. The van der Waals surface area contributed by atoms with Crippen LogP contribution in [-0.2, 0) is 9.59 Å². The number of nitrogens with one attached hydrogen (secondary N) is 2. The molecule has 6 nitrogen and oxygen atoms in total. The average molecular weight is 381 g/mol. The van der Waals surface area contributed by atoms with Gasteiger partial charge < -0.3 is 20.4 Å². The van der Waals surface area contributed by atoms with Gasteiger partial charge in [0.05, 0.1) is 0 Å². The van der Waals surface area contributed by atoms with Gasteiger partial charge in [0.2, 0.25) is 11.8 Å². The first-order valence-electron chi connectivity index (χ1n) is 9.25. The van der Waals surface area contributed by atoms with Gasteiger partial charge in [0, 0.05) is 49.9 Å². The van der Waals surface area contributed by atoms with Crippen LogP contribution in [0.15, 0.2) is 24.3 Å². The van der Waals surface area contributed by atoms with E-state index in [1.54, 1.807) is 4.90 Å². The molecule has 1 atom stereocenters. The van der Waals surface area contributed by atoms with Gasteiger partial charge in [-0.2, -0.15) is 0 Å². The standard InChI is InChI=1S/C19H28N4O2.ClH/c1-20-16-4-2-11-22(14-16)13-10-18(24)21-15-6-8-17(9-7-15)23-12-3-5-19(23)25;/h6-9,16,20H,2-5,10-14H2,1H3,(H,21,24);1H. The van der Waals surface area contributed by atoms with Crippen LogP contribution >= 0.6 is 12.4 Å². The van der Waals surface area contributed by atoms with Gasteiger partial charge in [-0.1, -0.05) is 0 Å². The number of piperidine rings is 1. The first kappa shape index (κ1) is 20.7. The summed E-state index contributed by atoms with van der Waals surface area (Å²) in [5.74, 6) is 0.217. The maximum Gasteiger partial charge on any atom is 0.227 e. The molecule has 1 aromatic rings. The molecule has 0 bridgehead atoms. The van der Waals surface area contributed by atoms with Crippen LogP contribution in [0, 0.1) is 0 Å². The van der Waals surface area contributed by atoms with Crippen molar-refractivity contribution in [2.75, 3.05) is 43.4 Å². The van der Waals surface area contributed by atoms with Crippen LogP contribution in [0.3, 0.4) is 0 Å². The monoisotopic (exact) mass is 380 g/mol. The van der Waals surface area contributed by atoms with Crippen molar-refractivity contribution in [3.63, 3.8) is 0 Å². The van der Waals surface area contributed by atoms with Crippen molar-refractivity contribution >= 4 is 35.6 Å². The molecule has 0 aliphatic carbocycles. The van der Waals surface area contributed by atoms with Crippen molar-refractivity contribution in [2.45, 2.75) is 38.1 Å². The zero-order valence-corrected chi connectivity index (χ0v) is 16.2. The van der Waals surface area contributed by atoms with Crippen LogP contribution in [-0.4, -0.2) is 56.0 Å². The minimum absolute atomic E-state index is 0. The van der Waals surface area contributed by atoms with E-state index in [9.17, 15) is 9.59 Å². The molecule has 3 rings (SSSR count). The molecule has 2 saturated heterocycles. The van der Waals surface area contributed by atoms with E-state index in [1.807, 2.05) is 31.3 Å². The maximum absolute atomic E-state index is 12.2. The summed E-state index contributed by atoms with van der Waals surface area (Å²) in [7, 11) is 2.00. The Bertz CT molecular complexity index is 608. The van der Waals surface area contributed by atoms with Crippen molar-refractivity contribution in [1.29, 1.82) is 0 Å². The van der Waals surface area contributed by atoms with Crippen LogP contribution in [0.4, 0.5) is 11.4 Å². The van der Waals surface area contributed by atoms with Crippen LogP contribution in [0.25, 0.3) is 0 Å². The fraction of sp³-hybridized carbons (Fsp3) is 0.579. The summed E-state index contributed by atoms with van der Waals surface area (Å²) in [5, 5.41) is 6.27. The van der Waals surface area contributed by atoms with Gasteiger partial charge in [-0.25, -0.2) is 0 Å². The summed E-state index contributed by atoms with van der Waals surface area (Å²) in [4.78, 5) is 28.1. The Balaban J connectivity index is 0.00000243. The number of likely N-dealkylation sites (tertiary alicyclic amines) is 1. The van der Waals surface area contributed by atoms with Crippen molar-refractivity contribution in [3.8, 4) is 0 Å². The highest BCUT2D eigenvalue weighted by Gasteiger charge is 2.21. The van der Waals surface area contributed by atoms with E-state index >= 15 is 0 Å². The molecule has 26 heavy (non-hydrogen) atoms. The zero-order valence-electron chi connectivity index (χ0n) is 15.4. The molecule has 0 spiro atoms. The average Bonchev–Trinajstić information content (AvgIpc) is 3.07. The summed E-state index contributed by atoms with van der Waals surface area (Å²) in [6.07, 6.45) is 4.45.